The Morgan fingerprint density at radius 1 is 1.11 bits per heavy atom. The minimum absolute atomic E-state index is 0.328. The molecular weight excluding hydrogens is 304 g/mol. The predicted octanol–water partition coefficient (Wildman–Crippen LogP) is 5.67. The van der Waals surface area contributed by atoms with Crippen LogP contribution in [-0.4, -0.2) is 0 Å². The van der Waals surface area contributed by atoms with Crippen molar-refractivity contribution in [3.8, 4) is 0 Å². The zero-order valence-electron chi connectivity index (χ0n) is 11.2. The highest BCUT2D eigenvalue weighted by atomic mass is 79.9. The summed E-state index contributed by atoms with van der Waals surface area (Å²) in [5, 5.41) is 2.17. The molecule has 2 aromatic rings. The van der Waals surface area contributed by atoms with Crippen LogP contribution in [0.3, 0.4) is 0 Å². The molecule has 0 aliphatic rings. The van der Waals surface area contributed by atoms with E-state index in [0.29, 0.717) is 4.83 Å². The van der Waals surface area contributed by atoms with Crippen molar-refractivity contribution >= 4 is 27.3 Å². The van der Waals surface area contributed by atoms with Crippen LogP contribution in [0.1, 0.15) is 45.8 Å². The highest BCUT2D eigenvalue weighted by Crippen LogP contribution is 2.36. The molecule has 18 heavy (non-hydrogen) atoms. The lowest BCUT2D eigenvalue weighted by molar-refractivity contribution is 1.02. The lowest BCUT2D eigenvalue weighted by atomic mass is 9.98. The number of thiophene rings is 1. The summed E-state index contributed by atoms with van der Waals surface area (Å²) in [6, 6.07) is 9.09. The van der Waals surface area contributed by atoms with E-state index in [1.807, 2.05) is 11.3 Å². The first-order valence-electron chi connectivity index (χ1n) is 6.47. The zero-order valence-corrected chi connectivity index (χ0v) is 13.6. The molecule has 0 saturated carbocycles. The van der Waals surface area contributed by atoms with E-state index in [0.717, 1.165) is 12.8 Å². The van der Waals surface area contributed by atoms with Crippen LogP contribution in [-0.2, 0) is 12.8 Å². The van der Waals surface area contributed by atoms with Gasteiger partial charge in [0.05, 0.1) is 4.83 Å². The fourth-order valence-electron chi connectivity index (χ4n) is 2.27. The number of aryl methyl sites for hydroxylation is 3. The second-order valence-corrected chi connectivity index (χ2v) is 6.43. The molecule has 0 spiro atoms. The summed E-state index contributed by atoms with van der Waals surface area (Å²) >= 11 is 5.67. The summed E-state index contributed by atoms with van der Waals surface area (Å²) in [6.07, 6.45) is 2.23. The van der Waals surface area contributed by atoms with Crippen molar-refractivity contribution in [3.05, 3.63) is 56.8 Å². The van der Waals surface area contributed by atoms with Gasteiger partial charge in [0, 0.05) is 4.88 Å². The van der Waals surface area contributed by atoms with Gasteiger partial charge in [-0.25, -0.2) is 0 Å². The van der Waals surface area contributed by atoms with Gasteiger partial charge < -0.3 is 0 Å². The van der Waals surface area contributed by atoms with E-state index in [2.05, 4.69) is 66.3 Å². The molecule has 2 rings (SSSR count). The van der Waals surface area contributed by atoms with Gasteiger partial charge in [-0.05, 0) is 53.5 Å². The smallest absolute Gasteiger partial charge is 0.0740 e. The molecule has 0 bridgehead atoms. The quantitative estimate of drug-likeness (QED) is 0.636. The van der Waals surface area contributed by atoms with E-state index in [1.54, 1.807) is 0 Å². The summed E-state index contributed by atoms with van der Waals surface area (Å²) in [7, 11) is 0. The van der Waals surface area contributed by atoms with Gasteiger partial charge in [0.1, 0.15) is 0 Å². The largest absolute Gasteiger partial charge is 0.147 e. The van der Waals surface area contributed by atoms with Gasteiger partial charge in [-0.2, -0.15) is 0 Å². The van der Waals surface area contributed by atoms with Crippen molar-refractivity contribution in [3.63, 3.8) is 0 Å². The standard InChI is InChI=1S/C16H19BrS/c1-4-12-6-7-14(10-13(12)5-2)15(17)16-11(3)8-9-18-16/h6-10,15H,4-5H2,1-3H3. The van der Waals surface area contributed by atoms with E-state index in [9.17, 15) is 0 Å². The van der Waals surface area contributed by atoms with Crippen molar-refractivity contribution in [1.29, 1.82) is 0 Å². The number of hydrogen-bond acceptors (Lipinski definition) is 1. The van der Waals surface area contributed by atoms with Crippen LogP contribution in [0, 0.1) is 6.92 Å². The van der Waals surface area contributed by atoms with Gasteiger partial charge >= 0.3 is 0 Å². The molecule has 96 valence electrons. The third-order valence-electron chi connectivity index (χ3n) is 3.42. The lowest BCUT2D eigenvalue weighted by Crippen LogP contribution is -1.97. The van der Waals surface area contributed by atoms with Gasteiger partial charge in [-0.3, -0.25) is 0 Å². The Kier molecular flexibility index (Phi) is 4.63. The van der Waals surface area contributed by atoms with Gasteiger partial charge in [0.25, 0.3) is 0 Å². The molecule has 2 heteroatoms. The van der Waals surface area contributed by atoms with Gasteiger partial charge in [0.15, 0.2) is 0 Å². The zero-order chi connectivity index (χ0) is 13.1. The van der Waals surface area contributed by atoms with Crippen LogP contribution in [0.15, 0.2) is 29.6 Å². The van der Waals surface area contributed by atoms with E-state index in [1.165, 1.54) is 27.1 Å². The first kappa shape index (κ1) is 13.8. The fraction of sp³-hybridized carbons (Fsp3) is 0.375. The first-order chi connectivity index (χ1) is 8.67. The van der Waals surface area contributed by atoms with E-state index in [4.69, 9.17) is 0 Å². The molecule has 0 radical (unpaired) electrons. The number of hydrogen-bond donors (Lipinski definition) is 0. The summed E-state index contributed by atoms with van der Waals surface area (Å²) in [4.78, 5) is 1.75. The summed E-state index contributed by atoms with van der Waals surface area (Å²) < 4.78 is 0. The van der Waals surface area contributed by atoms with E-state index < -0.39 is 0 Å². The normalized spacial score (nSPS) is 12.7. The molecule has 0 aliphatic carbocycles. The number of alkyl halides is 1. The molecule has 0 aliphatic heterocycles. The summed E-state index contributed by atoms with van der Waals surface area (Å²) in [5.41, 5.74) is 5.70. The van der Waals surface area contributed by atoms with E-state index in [-0.39, 0.29) is 0 Å². The third kappa shape index (κ3) is 2.70. The SMILES string of the molecule is CCc1ccc(C(Br)c2sccc2C)cc1CC. The maximum absolute atomic E-state index is 3.84. The minimum atomic E-state index is 0.328. The average Bonchev–Trinajstić information content (AvgIpc) is 2.83. The molecular formula is C16H19BrS. The van der Waals surface area contributed by atoms with Crippen LogP contribution in [0.2, 0.25) is 0 Å². The molecule has 0 amide bonds. The van der Waals surface area contributed by atoms with Crippen LogP contribution in [0.4, 0.5) is 0 Å². The Balaban J connectivity index is 2.37. The molecule has 1 aromatic carbocycles. The highest BCUT2D eigenvalue weighted by molar-refractivity contribution is 9.09. The Bertz CT molecular complexity index is 528. The molecule has 1 heterocycles. The Morgan fingerprint density at radius 2 is 1.83 bits per heavy atom. The monoisotopic (exact) mass is 322 g/mol. The lowest BCUT2D eigenvalue weighted by Gasteiger charge is -2.13. The summed E-state index contributed by atoms with van der Waals surface area (Å²) in [6.45, 7) is 6.64. The number of rotatable bonds is 4. The van der Waals surface area contributed by atoms with Crippen molar-refractivity contribution < 1.29 is 0 Å². The predicted molar refractivity (Wildman–Crippen MR) is 85.0 cm³/mol. The van der Waals surface area contributed by atoms with Gasteiger partial charge in [-0.1, -0.05) is 48.0 Å². The van der Waals surface area contributed by atoms with Crippen molar-refractivity contribution in [1.82, 2.24) is 0 Å². The van der Waals surface area contributed by atoms with E-state index >= 15 is 0 Å². The first-order valence-corrected chi connectivity index (χ1v) is 8.26. The molecule has 1 aromatic heterocycles. The van der Waals surface area contributed by atoms with Crippen molar-refractivity contribution in [2.75, 3.05) is 0 Å². The molecule has 0 fully saturated rings. The van der Waals surface area contributed by atoms with Gasteiger partial charge in [0.2, 0.25) is 0 Å². The van der Waals surface area contributed by atoms with Crippen LogP contribution >= 0.6 is 27.3 Å². The highest BCUT2D eigenvalue weighted by Gasteiger charge is 2.15. The van der Waals surface area contributed by atoms with Crippen molar-refractivity contribution in [2.24, 2.45) is 0 Å². The Hall–Kier alpha value is -0.600. The van der Waals surface area contributed by atoms with Crippen LogP contribution in [0.25, 0.3) is 0 Å². The third-order valence-corrected chi connectivity index (χ3v) is 5.79. The molecule has 0 saturated heterocycles. The fourth-order valence-corrected chi connectivity index (χ4v) is 4.17. The number of halogens is 1. The Labute approximate surface area is 122 Å². The maximum atomic E-state index is 3.84. The minimum Gasteiger partial charge on any atom is -0.147 e. The molecule has 0 N–H and O–H groups in total. The van der Waals surface area contributed by atoms with Crippen LogP contribution in [0.5, 0.6) is 0 Å². The maximum Gasteiger partial charge on any atom is 0.0740 e. The molecule has 1 atom stereocenters. The molecule has 1 unspecified atom stereocenters. The second kappa shape index (κ2) is 6.03. The van der Waals surface area contributed by atoms with Gasteiger partial charge in [-0.15, -0.1) is 11.3 Å². The Morgan fingerprint density at radius 3 is 2.39 bits per heavy atom. The van der Waals surface area contributed by atoms with Crippen LogP contribution < -0.4 is 0 Å². The second-order valence-electron chi connectivity index (χ2n) is 4.57. The number of benzene rings is 1. The molecule has 0 nitrogen and oxygen atoms in total. The average molecular weight is 323 g/mol. The summed E-state index contributed by atoms with van der Waals surface area (Å²) in [5.74, 6) is 0. The van der Waals surface area contributed by atoms with Crippen molar-refractivity contribution in [2.45, 2.75) is 38.4 Å². The topological polar surface area (TPSA) is 0 Å².